The van der Waals surface area contributed by atoms with Gasteiger partial charge >= 0.3 is 0 Å². The number of benzene rings is 1. The first kappa shape index (κ1) is 14.2. The van der Waals surface area contributed by atoms with Gasteiger partial charge in [-0.25, -0.2) is 0 Å². The quantitative estimate of drug-likeness (QED) is 0.861. The highest BCUT2D eigenvalue weighted by atomic mass is 16.5. The van der Waals surface area contributed by atoms with E-state index in [4.69, 9.17) is 4.74 Å². The number of phenols is 1. The second-order valence-electron chi connectivity index (χ2n) is 6.94. The second kappa shape index (κ2) is 4.36. The van der Waals surface area contributed by atoms with Crippen LogP contribution in [-0.2, 0) is 16.6 Å². The van der Waals surface area contributed by atoms with Gasteiger partial charge in [0.25, 0.3) is 0 Å². The number of hydrogen-bond donors (Lipinski definition) is 1. The maximum atomic E-state index is 12.2. The molecule has 0 amide bonds. The second-order valence-corrected chi connectivity index (χ2v) is 6.94. The van der Waals surface area contributed by atoms with E-state index in [1.807, 2.05) is 32.1 Å². The number of fused-ring (bicyclic) bond motifs is 3. The summed E-state index contributed by atoms with van der Waals surface area (Å²) in [6.45, 7) is 6.25. The van der Waals surface area contributed by atoms with Gasteiger partial charge < -0.3 is 9.84 Å². The molecule has 1 N–H and O–H groups in total. The van der Waals surface area contributed by atoms with Crippen molar-refractivity contribution < 1.29 is 14.6 Å². The Morgan fingerprint density at radius 1 is 1.29 bits per heavy atom. The van der Waals surface area contributed by atoms with E-state index >= 15 is 0 Å². The molecule has 0 aliphatic heterocycles. The number of ether oxygens (including phenoxy) is 1. The van der Waals surface area contributed by atoms with E-state index in [0.717, 1.165) is 24.0 Å². The molecule has 1 aromatic carbocycles. The van der Waals surface area contributed by atoms with Crippen LogP contribution in [0.1, 0.15) is 38.3 Å². The topological polar surface area (TPSA) is 46.5 Å². The molecule has 0 heterocycles. The lowest BCUT2D eigenvalue weighted by Crippen LogP contribution is -2.49. The predicted octanol–water partition coefficient (Wildman–Crippen LogP) is 3.39. The van der Waals surface area contributed by atoms with Crippen molar-refractivity contribution in [2.24, 2.45) is 11.3 Å². The summed E-state index contributed by atoms with van der Waals surface area (Å²) < 4.78 is 5.22. The number of aromatic hydroxyl groups is 1. The molecule has 3 heteroatoms. The van der Waals surface area contributed by atoms with Crippen molar-refractivity contribution in [3.8, 4) is 11.5 Å². The summed E-state index contributed by atoms with van der Waals surface area (Å²) in [5.74, 6) is 1.22. The minimum absolute atomic E-state index is 0.200. The van der Waals surface area contributed by atoms with Crippen molar-refractivity contribution in [1.82, 2.24) is 0 Å². The van der Waals surface area contributed by atoms with Crippen LogP contribution < -0.4 is 4.74 Å². The fourth-order valence-electron chi connectivity index (χ4n) is 4.27. The molecule has 0 fully saturated rings. The minimum atomic E-state index is -0.364. The molecule has 0 radical (unpaired) electrons. The number of phenolic OH excluding ortho intramolecular Hbond substituents is 1. The normalized spacial score (nSPS) is 29.7. The van der Waals surface area contributed by atoms with E-state index in [1.165, 1.54) is 0 Å². The van der Waals surface area contributed by atoms with Crippen LogP contribution in [0.4, 0.5) is 0 Å². The average molecular weight is 286 g/mol. The maximum absolute atomic E-state index is 12.2. The van der Waals surface area contributed by atoms with Crippen molar-refractivity contribution in [2.75, 3.05) is 7.11 Å². The number of methoxy groups -OCH3 is 1. The number of carbonyl (C=O) groups is 1. The van der Waals surface area contributed by atoms with Gasteiger partial charge in [-0.1, -0.05) is 32.9 Å². The highest BCUT2D eigenvalue weighted by molar-refractivity contribution is 5.96. The molecule has 3 rings (SSSR count). The molecular weight excluding hydrogens is 264 g/mol. The Hall–Kier alpha value is -1.77. The number of allylic oxidation sites excluding steroid dienone is 2. The number of carbonyl (C=O) groups excluding carboxylic acids is 1. The molecule has 21 heavy (non-hydrogen) atoms. The summed E-state index contributed by atoms with van der Waals surface area (Å²) in [4.78, 5) is 12.2. The van der Waals surface area contributed by atoms with Gasteiger partial charge in [0, 0.05) is 16.4 Å². The molecule has 2 aliphatic rings. The van der Waals surface area contributed by atoms with Crippen LogP contribution in [0.3, 0.4) is 0 Å². The Balaban J connectivity index is 2.21. The van der Waals surface area contributed by atoms with Gasteiger partial charge in [0.1, 0.15) is 0 Å². The summed E-state index contributed by atoms with van der Waals surface area (Å²) in [5.41, 5.74) is 1.50. The smallest absolute Gasteiger partial charge is 0.161 e. The van der Waals surface area contributed by atoms with E-state index in [2.05, 4.69) is 6.92 Å². The fourth-order valence-corrected chi connectivity index (χ4v) is 4.27. The lowest BCUT2D eigenvalue weighted by atomic mass is 9.52. The van der Waals surface area contributed by atoms with E-state index in [1.54, 1.807) is 13.2 Å². The third kappa shape index (κ3) is 1.76. The molecule has 1 aromatic rings. The molecule has 0 spiro atoms. The Kier molecular flexibility index (Phi) is 2.94. The third-order valence-corrected chi connectivity index (χ3v) is 5.54. The summed E-state index contributed by atoms with van der Waals surface area (Å²) in [6.07, 6.45) is 5.42. The molecule has 0 aromatic heterocycles. The monoisotopic (exact) mass is 286 g/mol. The Morgan fingerprint density at radius 3 is 2.67 bits per heavy atom. The summed E-state index contributed by atoms with van der Waals surface area (Å²) in [5, 5.41) is 10.4. The predicted molar refractivity (Wildman–Crippen MR) is 81.7 cm³/mol. The lowest BCUT2D eigenvalue weighted by molar-refractivity contribution is -0.127. The first-order chi connectivity index (χ1) is 9.82. The number of rotatable bonds is 1. The van der Waals surface area contributed by atoms with Gasteiger partial charge in [-0.2, -0.15) is 0 Å². The first-order valence-electron chi connectivity index (χ1n) is 7.45. The Labute approximate surface area is 125 Å². The van der Waals surface area contributed by atoms with E-state index in [0.29, 0.717) is 5.75 Å². The molecule has 0 saturated heterocycles. The fraction of sp³-hybridized carbons (Fsp3) is 0.500. The highest BCUT2D eigenvalue weighted by Crippen LogP contribution is 2.55. The van der Waals surface area contributed by atoms with Gasteiger partial charge in [0.15, 0.2) is 17.3 Å². The zero-order chi connectivity index (χ0) is 15.4. The molecule has 0 saturated carbocycles. The van der Waals surface area contributed by atoms with E-state index < -0.39 is 0 Å². The van der Waals surface area contributed by atoms with Crippen molar-refractivity contribution in [1.29, 1.82) is 0 Å². The van der Waals surface area contributed by atoms with Crippen molar-refractivity contribution in [3.63, 3.8) is 0 Å². The minimum Gasteiger partial charge on any atom is -0.504 e. The molecule has 112 valence electrons. The van der Waals surface area contributed by atoms with Crippen LogP contribution in [0, 0.1) is 11.3 Å². The summed E-state index contributed by atoms with van der Waals surface area (Å²) in [6, 6.07) is 3.86. The van der Waals surface area contributed by atoms with Gasteiger partial charge in [-0.05, 0) is 36.5 Å². The summed E-state index contributed by atoms with van der Waals surface area (Å²) >= 11 is 0. The van der Waals surface area contributed by atoms with Crippen LogP contribution in [0.2, 0.25) is 0 Å². The maximum Gasteiger partial charge on any atom is 0.161 e. The van der Waals surface area contributed by atoms with Crippen LogP contribution in [0.15, 0.2) is 24.3 Å². The largest absolute Gasteiger partial charge is 0.504 e. The van der Waals surface area contributed by atoms with E-state index in [-0.39, 0.29) is 28.3 Å². The standard InChI is InChI=1S/C18H22O3/c1-17(2)14-8-5-11-12(6-7-13(21-4)16(11)20)18(14,3)10-9-15(17)19/h6-7,9-10,14,20H,5,8H2,1-4H3/t14-,18+/m0/s1. The first-order valence-corrected chi connectivity index (χ1v) is 7.45. The molecule has 2 atom stereocenters. The molecular formula is C18H22O3. The molecule has 0 unspecified atom stereocenters. The summed E-state index contributed by atoms with van der Waals surface area (Å²) in [7, 11) is 1.57. The number of hydrogen-bond acceptors (Lipinski definition) is 3. The van der Waals surface area contributed by atoms with Gasteiger partial charge in [0.05, 0.1) is 7.11 Å². The lowest BCUT2D eigenvalue weighted by Gasteiger charge is -2.50. The highest BCUT2D eigenvalue weighted by Gasteiger charge is 2.51. The molecule has 2 aliphatic carbocycles. The van der Waals surface area contributed by atoms with Crippen LogP contribution in [0.5, 0.6) is 11.5 Å². The van der Waals surface area contributed by atoms with Crippen molar-refractivity contribution >= 4 is 5.78 Å². The van der Waals surface area contributed by atoms with E-state index in [9.17, 15) is 9.90 Å². The molecule has 3 nitrogen and oxygen atoms in total. The third-order valence-electron chi connectivity index (χ3n) is 5.54. The zero-order valence-corrected chi connectivity index (χ0v) is 13.1. The van der Waals surface area contributed by atoms with Gasteiger partial charge in [0.2, 0.25) is 0 Å². The van der Waals surface area contributed by atoms with Crippen molar-refractivity contribution in [3.05, 3.63) is 35.4 Å². The number of ketones is 1. The van der Waals surface area contributed by atoms with Crippen LogP contribution in [-0.4, -0.2) is 18.0 Å². The van der Waals surface area contributed by atoms with Crippen molar-refractivity contribution in [2.45, 2.75) is 39.0 Å². The Bertz CT molecular complexity index is 642. The van der Waals surface area contributed by atoms with Gasteiger partial charge in [-0.3, -0.25) is 4.79 Å². The zero-order valence-electron chi connectivity index (χ0n) is 13.1. The molecule has 0 bridgehead atoms. The van der Waals surface area contributed by atoms with Gasteiger partial charge in [-0.15, -0.1) is 0 Å². The van der Waals surface area contributed by atoms with Crippen LogP contribution >= 0.6 is 0 Å². The Morgan fingerprint density at radius 2 is 2.00 bits per heavy atom. The SMILES string of the molecule is COc1ccc2c(c1O)CC[C@H]1C(C)(C)C(=O)C=C[C@]21C. The van der Waals surface area contributed by atoms with Crippen LogP contribution in [0.25, 0.3) is 0 Å². The average Bonchev–Trinajstić information content (AvgIpc) is 2.44.